The number of aliphatic hydroxyl groups excluding tert-OH is 1. The molecule has 0 amide bonds. The van der Waals surface area contributed by atoms with Crippen LogP contribution in [0.1, 0.15) is 31.9 Å². The van der Waals surface area contributed by atoms with E-state index in [9.17, 15) is 18.3 Å². The topological polar surface area (TPSA) is 23.5 Å². The number of hydrogen-bond donors (Lipinski definition) is 1. The van der Waals surface area contributed by atoms with Gasteiger partial charge in [-0.15, -0.1) is 0 Å². The second kappa shape index (κ2) is 6.09. The maximum absolute atomic E-state index is 12.5. The molecule has 1 N–H and O–H groups in total. The molecule has 1 aromatic carbocycles. The minimum Gasteiger partial charge on any atom is -0.388 e. The second-order valence-electron chi connectivity index (χ2n) is 4.11. The number of benzene rings is 1. The van der Waals surface area contributed by atoms with Crippen LogP contribution in [0.3, 0.4) is 0 Å². The zero-order valence-electron chi connectivity index (χ0n) is 10.5. The molecule has 1 aromatic rings. The molecule has 0 spiro atoms. The fourth-order valence-electron chi connectivity index (χ4n) is 1.86. The van der Waals surface area contributed by atoms with E-state index in [0.717, 1.165) is 0 Å². The van der Waals surface area contributed by atoms with Crippen LogP contribution in [0.15, 0.2) is 24.3 Å². The van der Waals surface area contributed by atoms with E-state index >= 15 is 0 Å². The third-order valence-corrected chi connectivity index (χ3v) is 2.78. The van der Waals surface area contributed by atoms with Crippen molar-refractivity contribution in [1.82, 2.24) is 0 Å². The normalized spacial score (nSPS) is 13.4. The van der Waals surface area contributed by atoms with E-state index in [-0.39, 0.29) is 6.54 Å². The minimum absolute atomic E-state index is 0.243. The Morgan fingerprint density at radius 2 is 1.83 bits per heavy atom. The molecule has 0 bridgehead atoms. The zero-order valence-corrected chi connectivity index (χ0v) is 10.5. The van der Waals surface area contributed by atoms with E-state index in [4.69, 9.17) is 0 Å². The number of halogens is 3. The minimum atomic E-state index is -4.25. The van der Waals surface area contributed by atoms with Crippen molar-refractivity contribution in [1.29, 1.82) is 0 Å². The van der Waals surface area contributed by atoms with Gasteiger partial charge in [-0.3, -0.25) is 0 Å². The Kier molecular flexibility index (Phi) is 5.02. The second-order valence-corrected chi connectivity index (χ2v) is 4.11. The van der Waals surface area contributed by atoms with Crippen LogP contribution >= 0.6 is 0 Å². The summed E-state index contributed by atoms with van der Waals surface area (Å²) in [6, 6.07) is 6.69. The Bertz CT molecular complexity index is 379. The smallest absolute Gasteiger partial charge is 0.388 e. The first-order valence-corrected chi connectivity index (χ1v) is 5.97. The van der Waals surface area contributed by atoms with E-state index in [0.29, 0.717) is 17.7 Å². The van der Waals surface area contributed by atoms with Gasteiger partial charge in [0.1, 0.15) is 6.54 Å². The van der Waals surface area contributed by atoms with Crippen molar-refractivity contribution in [3.8, 4) is 0 Å². The summed E-state index contributed by atoms with van der Waals surface area (Å²) in [4.78, 5) is 1.23. The molecular weight excluding hydrogens is 243 g/mol. The fraction of sp³-hybridized carbons (Fsp3) is 0.538. The third kappa shape index (κ3) is 3.91. The van der Waals surface area contributed by atoms with Crippen molar-refractivity contribution in [3.05, 3.63) is 29.8 Å². The summed E-state index contributed by atoms with van der Waals surface area (Å²) in [5, 5.41) is 9.84. The first-order valence-electron chi connectivity index (χ1n) is 5.97. The van der Waals surface area contributed by atoms with Gasteiger partial charge < -0.3 is 10.0 Å². The number of aliphatic hydroxyl groups is 1. The van der Waals surface area contributed by atoms with Gasteiger partial charge in [-0.2, -0.15) is 13.2 Å². The van der Waals surface area contributed by atoms with Crippen molar-refractivity contribution in [2.75, 3.05) is 18.0 Å². The number of anilines is 1. The van der Waals surface area contributed by atoms with Crippen molar-refractivity contribution in [2.45, 2.75) is 32.5 Å². The summed E-state index contributed by atoms with van der Waals surface area (Å²) in [7, 11) is 0. The Hall–Kier alpha value is -1.23. The SMILES string of the molecule is CC[C@H](O)c1ccccc1N(CC)CC(F)(F)F. The van der Waals surface area contributed by atoms with Crippen LogP contribution in [0.25, 0.3) is 0 Å². The van der Waals surface area contributed by atoms with Gasteiger partial charge in [-0.25, -0.2) is 0 Å². The molecule has 102 valence electrons. The van der Waals surface area contributed by atoms with Crippen molar-refractivity contribution < 1.29 is 18.3 Å². The molecule has 0 aliphatic rings. The van der Waals surface area contributed by atoms with Gasteiger partial charge in [-0.1, -0.05) is 25.1 Å². The molecule has 0 heterocycles. The van der Waals surface area contributed by atoms with Gasteiger partial charge in [0.25, 0.3) is 0 Å². The maximum Gasteiger partial charge on any atom is 0.405 e. The standard InChI is InChI=1S/C13H18F3NO/c1-3-12(18)10-7-5-6-8-11(10)17(4-2)9-13(14,15)16/h5-8,12,18H,3-4,9H2,1-2H3/t12-/m0/s1. The largest absolute Gasteiger partial charge is 0.405 e. The quantitative estimate of drug-likeness (QED) is 0.876. The predicted octanol–water partition coefficient (Wildman–Crippen LogP) is 3.52. The zero-order chi connectivity index (χ0) is 13.8. The Morgan fingerprint density at radius 3 is 2.33 bits per heavy atom. The van der Waals surface area contributed by atoms with E-state index in [1.807, 2.05) is 0 Å². The highest BCUT2D eigenvalue weighted by molar-refractivity contribution is 5.54. The Morgan fingerprint density at radius 1 is 1.22 bits per heavy atom. The molecule has 1 rings (SSSR count). The van der Waals surface area contributed by atoms with E-state index in [1.54, 1.807) is 38.1 Å². The predicted molar refractivity (Wildman–Crippen MR) is 65.6 cm³/mol. The Balaban J connectivity index is 3.05. The molecule has 0 saturated heterocycles. The van der Waals surface area contributed by atoms with Gasteiger partial charge in [0, 0.05) is 17.8 Å². The van der Waals surface area contributed by atoms with Gasteiger partial charge in [0.2, 0.25) is 0 Å². The molecule has 0 aliphatic heterocycles. The molecule has 0 radical (unpaired) electrons. The van der Waals surface area contributed by atoms with Gasteiger partial charge in [-0.05, 0) is 19.4 Å². The third-order valence-electron chi connectivity index (χ3n) is 2.78. The van der Waals surface area contributed by atoms with Crippen molar-refractivity contribution in [3.63, 3.8) is 0 Å². The molecule has 18 heavy (non-hydrogen) atoms. The molecule has 0 unspecified atom stereocenters. The summed E-state index contributed by atoms with van der Waals surface area (Å²) >= 11 is 0. The highest BCUT2D eigenvalue weighted by Crippen LogP contribution is 2.30. The number of para-hydroxylation sites is 1. The lowest BCUT2D eigenvalue weighted by Crippen LogP contribution is -2.34. The van der Waals surface area contributed by atoms with E-state index in [2.05, 4.69) is 0 Å². The van der Waals surface area contributed by atoms with Gasteiger partial charge >= 0.3 is 6.18 Å². The molecule has 1 atom stereocenters. The number of rotatable bonds is 5. The monoisotopic (exact) mass is 261 g/mol. The number of alkyl halides is 3. The fourth-order valence-corrected chi connectivity index (χ4v) is 1.86. The number of hydrogen-bond acceptors (Lipinski definition) is 2. The maximum atomic E-state index is 12.5. The lowest BCUT2D eigenvalue weighted by atomic mass is 10.0. The summed E-state index contributed by atoms with van der Waals surface area (Å²) in [6.07, 6.45) is -4.51. The van der Waals surface area contributed by atoms with Gasteiger partial charge in [0.15, 0.2) is 0 Å². The van der Waals surface area contributed by atoms with Crippen LogP contribution < -0.4 is 4.90 Å². The van der Waals surface area contributed by atoms with Crippen molar-refractivity contribution >= 4 is 5.69 Å². The lowest BCUT2D eigenvalue weighted by molar-refractivity contribution is -0.119. The first kappa shape index (κ1) is 14.8. The number of nitrogens with zero attached hydrogens (tertiary/aromatic N) is 1. The van der Waals surface area contributed by atoms with Crippen LogP contribution in [0.2, 0.25) is 0 Å². The molecule has 0 aromatic heterocycles. The van der Waals surface area contributed by atoms with Crippen LogP contribution in [0, 0.1) is 0 Å². The molecular formula is C13H18F3NO. The molecule has 2 nitrogen and oxygen atoms in total. The summed E-state index contributed by atoms with van der Waals surface area (Å²) in [6.45, 7) is 2.70. The highest BCUT2D eigenvalue weighted by Gasteiger charge is 2.31. The van der Waals surface area contributed by atoms with Gasteiger partial charge in [0.05, 0.1) is 6.10 Å². The molecule has 0 fully saturated rings. The van der Waals surface area contributed by atoms with E-state index < -0.39 is 18.8 Å². The average Bonchev–Trinajstić information content (AvgIpc) is 2.34. The van der Waals surface area contributed by atoms with E-state index in [1.165, 1.54) is 4.90 Å². The summed E-state index contributed by atoms with van der Waals surface area (Å²) in [5.74, 6) is 0. The molecule has 5 heteroatoms. The summed E-state index contributed by atoms with van der Waals surface area (Å²) in [5.41, 5.74) is 0.998. The molecule has 0 saturated carbocycles. The summed E-state index contributed by atoms with van der Waals surface area (Å²) < 4.78 is 37.5. The van der Waals surface area contributed by atoms with Crippen LogP contribution in [-0.2, 0) is 0 Å². The van der Waals surface area contributed by atoms with Crippen LogP contribution in [-0.4, -0.2) is 24.4 Å². The highest BCUT2D eigenvalue weighted by atomic mass is 19.4. The Labute approximate surface area is 105 Å². The van der Waals surface area contributed by atoms with Crippen LogP contribution in [0.5, 0.6) is 0 Å². The van der Waals surface area contributed by atoms with Crippen LogP contribution in [0.4, 0.5) is 18.9 Å². The van der Waals surface area contributed by atoms with Crippen molar-refractivity contribution in [2.24, 2.45) is 0 Å². The lowest BCUT2D eigenvalue weighted by Gasteiger charge is -2.28. The average molecular weight is 261 g/mol. The first-order chi connectivity index (χ1) is 8.39. The molecule has 0 aliphatic carbocycles.